The summed E-state index contributed by atoms with van der Waals surface area (Å²) in [4.78, 5) is 12.8. The topological polar surface area (TPSA) is 75.7 Å². The number of hydrogen-bond donors (Lipinski definition) is 1. The summed E-state index contributed by atoms with van der Waals surface area (Å²) >= 11 is 12.2. The van der Waals surface area contributed by atoms with Gasteiger partial charge in [0.1, 0.15) is 18.4 Å². The quantitative estimate of drug-likeness (QED) is 0.550. The molecule has 0 saturated heterocycles. The highest BCUT2D eigenvalue weighted by molar-refractivity contribution is 7.92. The largest absolute Gasteiger partial charge is 0.491 e. The monoisotopic (exact) mass is 472 g/mol. The van der Waals surface area contributed by atoms with Gasteiger partial charge in [-0.3, -0.25) is 9.10 Å². The fourth-order valence-corrected chi connectivity index (χ4v) is 4.66. The van der Waals surface area contributed by atoms with Crippen molar-refractivity contribution in [3.8, 4) is 5.75 Å². The minimum atomic E-state index is -3.80. The van der Waals surface area contributed by atoms with Gasteiger partial charge in [-0.2, -0.15) is 0 Å². The normalized spacial score (nSPS) is 12.3. The molecule has 9 heteroatoms. The van der Waals surface area contributed by atoms with Crippen LogP contribution in [0.25, 0.3) is 0 Å². The van der Waals surface area contributed by atoms with Crippen LogP contribution in [0.1, 0.15) is 24.5 Å². The summed E-state index contributed by atoms with van der Waals surface area (Å²) in [6.45, 7) is 6.17. The molecule has 0 aromatic heterocycles. The van der Waals surface area contributed by atoms with E-state index in [4.69, 9.17) is 27.9 Å². The molecule has 1 unspecified atom stereocenters. The zero-order valence-corrected chi connectivity index (χ0v) is 19.7. The summed E-state index contributed by atoms with van der Waals surface area (Å²) in [7, 11) is -3.80. The lowest BCUT2D eigenvalue weighted by Gasteiger charge is -2.30. The molecule has 2 aromatic rings. The molecule has 6 nitrogen and oxygen atoms in total. The van der Waals surface area contributed by atoms with Crippen LogP contribution in [0.3, 0.4) is 0 Å². The van der Waals surface area contributed by atoms with Gasteiger partial charge >= 0.3 is 0 Å². The van der Waals surface area contributed by atoms with Crippen LogP contribution in [0.4, 0.5) is 5.69 Å². The Morgan fingerprint density at radius 1 is 1.20 bits per heavy atom. The molecule has 0 aliphatic rings. The van der Waals surface area contributed by atoms with Crippen LogP contribution in [-0.4, -0.2) is 39.8 Å². The number of nitrogens with one attached hydrogen (secondary N) is 1. The minimum Gasteiger partial charge on any atom is -0.491 e. The molecule has 0 bridgehead atoms. The Labute approximate surface area is 188 Å². The summed E-state index contributed by atoms with van der Waals surface area (Å²) in [6.07, 6.45) is 1.28. The molecule has 1 atom stereocenters. The Morgan fingerprint density at radius 3 is 2.53 bits per heavy atom. The third-order valence-electron chi connectivity index (χ3n) is 4.69. The van der Waals surface area contributed by atoms with Crippen LogP contribution in [-0.2, 0) is 14.8 Å². The van der Waals surface area contributed by atoms with Crippen molar-refractivity contribution in [2.24, 2.45) is 0 Å². The molecule has 164 valence electrons. The fourth-order valence-electron chi connectivity index (χ4n) is 3.02. The number of anilines is 1. The van der Waals surface area contributed by atoms with E-state index in [-0.39, 0.29) is 30.3 Å². The number of benzene rings is 2. The van der Waals surface area contributed by atoms with Gasteiger partial charge in [0.15, 0.2) is 0 Å². The highest BCUT2D eigenvalue weighted by atomic mass is 35.5. The van der Waals surface area contributed by atoms with E-state index in [0.29, 0.717) is 5.02 Å². The molecule has 0 fully saturated rings. The van der Waals surface area contributed by atoms with Crippen LogP contribution in [0.2, 0.25) is 10.0 Å². The summed E-state index contributed by atoms with van der Waals surface area (Å²) in [5, 5.41) is 3.26. The van der Waals surface area contributed by atoms with E-state index in [2.05, 4.69) is 5.32 Å². The van der Waals surface area contributed by atoms with Gasteiger partial charge in [0.05, 0.1) is 23.5 Å². The van der Waals surface area contributed by atoms with E-state index in [1.165, 1.54) is 12.1 Å². The number of carbonyl (C=O) groups excluding carboxylic acids is 1. The molecule has 0 radical (unpaired) electrons. The van der Waals surface area contributed by atoms with Gasteiger partial charge in [-0.25, -0.2) is 8.42 Å². The maximum atomic E-state index is 12.8. The van der Waals surface area contributed by atoms with Gasteiger partial charge in [0.2, 0.25) is 15.9 Å². The summed E-state index contributed by atoms with van der Waals surface area (Å²) in [6, 6.07) is 9.28. The summed E-state index contributed by atoms with van der Waals surface area (Å²) < 4.78 is 31.8. The highest BCUT2D eigenvalue weighted by Gasteiger charge is 2.32. The Balaban J connectivity index is 2.12. The van der Waals surface area contributed by atoms with Crippen LogP contribution >= 0.6 is 23.2 Å². The van der Waals surface area contributed by atoms with Gasteiger partial charge in [0, 0.05) is 5.02 Å². The first-order valence-corrected chi connectivity index (χ1v) is 12.1. The van der Waals surface area contributed by atoms with Crippen molar-refractivity contribution >= 4 is 44.8 Å². The average molecular weight is 473 g/mol. The van der Waals surface area contributed by atoms with Gasteiger partial charge in [-0.15, -0.1) is 0 Å². The first kappa shape index (κ1) is 24.3. The van der Waals surface area contributed by atoms with E-state index in [1.807, 2.05) is 32.0 Å². The molecule has 1 N–H and O–H groups in total. The Bertz CT molecular complexity index is 1010. The van der Waals surface area contributed by atoms with Crippen LogP contribution < -0.4 is 14.4 Å². The van der Waals surface area contributed by atoms with Gasteiger partial charge in [-0.05, 0) is 55.7 Å². The maximum Gasteiger partial charge on any atom is 0.244 e. The second-order valence-corrected chi connectivity index (χ2v) is 9.62. The zero-order valence-electron chi connectivity index (χ0n) is 17.4. The number of halogens is 2. The SMILES string of the molecule is CCC(C(=O)NCCOc1cccc(C)c1C)N(c1cc(Cl)ccc1Cl)S(C)(=O)=O. The molecular weight excluding hydrogens is 447 g/mol. The summed E-state index contributed by atoms with van der Waals surface area (Å²) in [5.41, 5.74) is 2.32. The van der Waals surface area contributed by atoms with Crippen molar-refractivity contribution in [3.05, 3.63) is 57.6 Å². The fraction of sp³-hybridized carbons (Fsp3) is 0.381. The van der Waals surface area contributed by atoms with Gasteiger partial charge in [0.25, 0.3) is 0 Å². The number of amides is 1. The first-order chi connectivity index (χ1) is 14.1. The first-order valence-electron chi connectivity index (χ1n) is 9.47. The van der Waals surface area contributed by atoms with Crippen LogP contribution in [0.5, 0.6) is 5.75 Å². The molecule has 2 rings (SSSR count). The van der Waals surface area contributed by atoms with E-state index >= 15 is 0 Å². The molecule has 0 aliphatic heterocycles. The molecule has 1 amide bonds. The van der Waals surface area contributed by atoms with E-state index in [0.717, 1.165) is 27.4 Å². The molecule has 0 heterocycles. The lowest BCUT2D eigenvalue weighted by molar-refractivity contribution is -0.122. The predicted octanol–water partition coefficient (Wildman–Crippen LogP) is 4.35. The van der Waals surface area contributed by atoms with E-state index in [9.17, 15) is 13.2 Å². The van der Waals surface area contributed by atoms with Crippen molar-refractivity contribution in [2.45, 2.75) is 33.2 Å². The lowest BCUT2D eigenvalue weighted by atomic mass is 10.1. The molecule has 0 aliphatic carbocycles. The number of nitrogens with zero attached hydrogens (tertiary/aromatic N) is 1. The molecule has 0 saturated carbocycles. The second kappa shape index (κ2) is 10.4. The van der Waals surface area contributed by atoms with Crippen LogP contribution in [0.15, 0.2) is 36.4 Å². The molecule has 0 spiro atoms. The number of aryl methyl sites for hydroxylation is 1. The number of ether oxygens (including phenoxy) is 1. The number of carbonyl (C=O) groups is 1. The number of sulfonamides is 1. The third-order valence-corrected chi connectivity index (χ3v) is 6.41. The predicted molar refractivity (Wildman–Crippen MR) is 122 cm³/mol. The van der Waals surface area contributed by atoms with Gasteiger partial charge in [-0.1, -0.05) is 42.3 Å². The van der Waals surface area contributed by atoms with Crippen molar-refractivity contribution in [3.63, 3.8) is 0 Å². The maximum absolute atomic E-state index is 12.8. The highest BCUT2D eigenvalue weighted by Crippen LogP contribution is 2.32. The second-order valence-electron chi connectivity index (χ2n) is 6.92. The average Bonchev–Trinajstić information content (AvgIpc) is 2.67. The standard InChI is InChI=1S/C21H26Cl2N2O4S/c1-5-18(25(30(4,27)28)19-13-16(22)9-10-17(19)23)21(26)24-11-12-29-20-8-6-7-14(2)15(20)3/h6-10,13,18H,5,11-12H2,1-4H3,(H,24,26). The smallest absolute Gasteiger partial charge is 0.244 e. The van der Waals surface area contributed by atoms with Crippen molar-refractivity contribution in [1.29, 1.82) is 0 Å². The molecular formula is C21H26Cl2N2O4S. The summed E-state index contributed by atoms with van der Waals surface area (Å²) in [5.74, 6) is 0.309. The Morgan fingerprint density at radius 2 is 1.90 bits per heavy atom. The minimum absolute atomic E-state index is 0.167. The van der Waals surface area contributed by atoms with E-state index in [1.54, 1.807) is 13.0 Å². The van der Waals surface area contributed by atoms with Crippen molar-refractivity contribution in [2.75, 3.05) is 23.7 Å². The van der Waals surface area contributed by atoms with Crippen LogP contribution in [0, 0.1) is 13.8 Å². The van der Waals surface area contributed by atoms with Gasteiger partial charge < -0.3 is 10.1 Å². The van der Waals surface area contributed by atoms with Crippen molar-refractivity contribution < 1.29 is 17.9 Å². The Hall–Kier alpha value is -1.96. The number of hydrogen-bond acceptors (Lipinski definition) is 4. The zero-order chi connectivity index (χ0) is 22.5. The third kappa shape index (κ3) is 6.03. The van der Waals surface area contributed by atoms with E-state index < -0.39 is 22.0 Å². The lowest BCUT2D eigenvalue weighted by Crippen LogP contribution is -2.50. The van der Waals surface area contributed by atoms with Crippen molar-refractivity contribution in [1.82, 2.24) is 5.32 Å². The Kier molecular flexibility index (Phi) is 8.41. The molecule has 30 heavy (non-hydrogen) atoms. The number of rotatable bonds is 9. The molecule has 2 aromatic carbocycles.